The standard InChI is InChI=1S/C14H20Si/c1-15(2,3)14-11-13(14)10-9-12-7-5-4-6-8-12/h4-10,13-14H,11H2,1-3H3/b10-9+/t13-,14-/m0/s1. The predicted octanol–water partition coefficient (Wildman–Crippen LogP) is 4.43. The molecule has 0 bridgehead atoms. The van der Waals surface area contributed by atoms with E-state index in [2.05, 4.69) is 62.1 Å². The minimum atomic E-state index is -0.876. The molecule has 0 heterocycles. The van der Waals surface area contributed by atoms with Crippen LogP contribution in [0.5, 0.6) is 0 Å². The number of hydrogen-bond acceptors (Lipinski definition) is 0. The minimum Gasteiger partial charge on any atom is -0.0808 e. The van der Waals surface area contributed by atoms with Crippen molar-refractivity contribution in [3.05, 3.63) is 42.0 Å². The fourth-order valence-electron chi connectivity index (χ4n) is 2.22. The van der Waals surface area contributed by atoms with Crippen LogP contribution in [-0.4, -0.2) is 8.07 Å². The van der Waals surface area contributed by atoms with E-state index in [-0.39, 0.29) is 0 Å². The molecule has 0 aromatic heterocycles. The van der Waals surface area contributed by atoms with Crippen molar-refractivity contribution in [2.75, 3.05) is 0 Å². The summed E-state index contributed by atoms with van der Waals surface area (Å²) in [5.74, 6) is 0.872. The SMILES string of the molecule is C[Si](C)(C)[C@H]1C[C@@H]1/C=C/c1ccccc1. The van der Waals surface area contributed by atoms with E-state index in [1.807, 2.05) is 0 Å². The summed E-state index contributed by atoms with van der Waals surface area (Å²) >= 11 is 0. The average Bonchev–Trinajstić information content (AvgIpc) is 2.95. The van der Waals surface area contributed by atoms with E-state index in [0.29, 0.717) is 0 Å². The van der Waals surface area contributed by atoms with Crippen LogP contribution in [0, 0.1) is 5.92 Å². The lowest BCUT2D eigenvalue weighted by Gasteiger charge is -2.14. The van der Waals surface area contributed by atoms with E-state index in [9.17, 15) is 0 Å². The Morgan fingerprint density at radius 2 is 1.80 bits per heavy atom. The quantitative estimate of drug-likeness (QED) is 0.656. The zero-order valence-electron chi connectivity index (χ0n) is 9.90. The molecule has 1 fully saturated rings. The maximum absolute atomic E-state index is 2.48. The first-order valence-corrected chi connectivity index (χ1v) is 9.38. The van der Waals surface area contributed by atoms with Gasteiger partial charge in [-0.2, -0.15) is 0 Å². The molecule has 1 aromatic rings. The van der Waals surface area contributed by atoms with Crippen LogP contribution in [0.25, 0.3) is 6.08 Å². The Morgan fingerprint density at radius 1 is 1.13 bits per heavy atom. The Labute approximate surface area is 94.0 Å². The maximum Gasteiger partial charge on any atom is 0.0479 e. The molecule has 80 valence electrons. The van der Waals surface area contributed by atoms with Gasteiger partial charge in [0.1, 0.15) is 0 Å². The van der Waals surface area contributed by atoms with Crippen molar-refractivity contribution in [3.8, 4) is 0 Å². The van der Waals surface area contributed by atoms with Crippen LogP contribution in [0.3, 0.4) is 0 Å². The maximum atomic E-state index is 2.48. The Morgan fingerprint density at radius 3 is 2.33 bits per heavy atom. The van der Waals surface area contributed by atoms with E-state index < -0.39 is 8.07 Å². The molecule has 0 unspecified atom stereocenters. The molecule has 1 aromatic carbocycles. The second-order valence-corrected chi connectivity index (χ2v) is 11.1. The molecule has 0 radical (unpaired) electrons. The number of allylic oxidation sites excluding steroid dienone is 1. The first-order valence-electron chi connectivity index (χ1n) is 5.80. The molecule has 2 rings (SSSR count). The Bertz CT molecular complexity index is 345. The van der Waals surface area contributed by atoms with E-state index in [4.69, 9.17) is 0 Å². The fourth-order valence-corrected chi connectivity index (χ4v) is 4.60. The highest BCUT2D eigenvalue weighted by atomic mass is 28.3. The van der Waals surface area contributed by atoms with Crippen LogP contribution in [-0.2, 0) is 0 Å². The molecule has 15 heavy (non-hydrogen) atoms. The Hall–Kier alpha value is -0.823. The van der Waals surface area contributed by atoms with Gasteiger partial charge in [0.05, 0.1) is 0 Å². The predicted molar refractivity (Wildman–Crippen MR) is 70.7 cm³/mol. The van der Waals surface area contributed by atoms with E-state index >= 15 is 0 Å². The van der Waals surface area contributed by atoms with Crippen LogP contribution in [0.2, 0.25) is 25.2 Å². The molecular formula is C14H20Si. The van der Waals surface area contributed by atoms with Crippen LogP contribution in [0.1, 0.15) is 12.0 Å². The van der Waals surface area contributed by atoms with Gasteiger partial charge >= 0.3 is 0 Å². The molecular weight excluding hydrogens is 196 g/mol. The van der Waals surface area contributed by atoms with Gasteiger partial charge in [0.15, 0.2) is 0 Å². The van der Waals surface area contributed by atoms with E-state index in [1.54, 1.807) is 0 Å². The largest absolute Gasteiger partial charge is 0.0808 e. The van der Waals surface area contributed by atoms with Gasteiger partial charge in [0.25, 0.3) is 0 Å². The van der Waals surface area contributed by atoms with Crippen molar-refractivity contribution in [3.63, 3.8) is 0 Å². The highest BCUT2D eigenvalue weighted by molar-refractivity contribution is 6.78. The molecule has 1 heteroatoms. The van der Waals surface area contributed by atoms with Crippen molar-refractivity contribution >= 4 is 14.1 Å². The number of benzene rings is 1. The summed E-state index contributed by atoms with van der Waals surface area (Å²) < 4.78 is 0. The van der Waals surface area contributed by atoms with Crippen LogP contribution in [0.4, 0.5) is 0 Å². The summed E-state index contributed by atoms with van der Waals surface area (Å²) in [7, 11) is -0.876. The highest BCUT2D eigenvalue weighted by Crippen LogP contribution is 2.52. The van der Waals surface area contributed by atoms with Crippen LogP contribution < -0.4 is 0 Å². The molecule has 0 saturated heterocycles. The third kappa shape index (κ3) is 2.82. The topological polar surface area (TPSA) is 0 Å². The summed E-state index contributed by atoms with van der Waals surface area (Å²) in [4.78, 5) is 0. The first-order chi connectivity index (χ1) is 7.07. The molecule has 1 saturated carbocycles. The third-order valence-corrected chi connectivity index (χ3v) is 6.18. The third-order valence-electron chi connectivity index (χ3n) is 3.29. The van der Waals surface area contributed by atoms with Crippen LogP contribution >= 0.6 is 0 Å². The molecule has 1 aliphatic carbocycles. The van der Waals surface area contributed by atoms with E-state index in [1.165, 1.54) is 12.0 Å². The molecule has 0 N–H and O–H groups in total. The second kappa shape index (κ2) is 3.97. The van der Waals surface area contributed by atoms with Crippen molar-refractivity contribution in [1.29, 1.82) is 0 Å². The number of rotatable bonds is 3. The van der Waals surface area contributed by atoms with Gasteiger partial charge in [0.2, 0.25) is 0 Å². The zero-order chi connectivity index (χ0) is 10.9. The normalized spacial score (nSPS) is 25.8. The molecule has 0 nitrogen and oxygen atoms in total. The lowest BCUT2D eigenvalue weighted by molar-refractivity contribution is 1.11. The number of hydrogen-bond donors (Lipinski definition) is 0. The van der Waals surface area contributed by atoms with E-state index in [0.717, 1.165) is 11.5 Å². The first kappa shape index (κ1) is 10.7. The van der Waals surface area contributed by atoms with Crippen molar-refractivity contribution in [2.45, 2.75) is 31.6 Å². The summed E-state index contributed by atoms with van der Waals surface area (Å²) in [5.41, 5.74) is 2.36. The summed E-state index contributed by atoms with van der Waals surface area (Å²) in [6.07, 6.45) is 6.13. The lowest BCUT2D eigenvalue weighted by Crippen LogP contribution is -2.20. The summed E-state index contributed by atoms with van der Waals surface area (Å²) in [5, 5.41) is 0. The molecule has 0 amide bonds. The lowest BCUT2D eigenvalue weighted by atomic mass is 10.2. The fraction of sp³-hybridized carbons (Fsp3) is 0.429. The van der Waals surface area contributed by atoms with Gasteiger partial charge in [-0.25, -0.2) is 0 Å². The Balaban J connectivity index is 1.93. The molecule has 2 atom stereocenters. The zero-order valence-corrected chi connectivity index (χ0v) is 10.9. The minimum absolute atomic E-state index is 0.872. The second-order valence-electron chi connectivity index (χ2n) is 5.64. The molecule has 0 spiro atoms. The average molecular weight is 216 g/mol. The van der Waals surface area contributed by atoms with Gasteiger partial charge < -0.3 is 0 Å². The summed E-state index contributed by atoms with van der Waals surface area (Å²) in [6.45, 7) is 7.44. The van der Waals surface area contributed by atoms with Gasteiger partial charge in [-0.05, 0) is 23.4 Å². The summed E-state index contributed by atoms with van der Waals surface area (Å²) in [6, 6.07) is 10.6. The van der Waals surface area contributed by atoms with Crippen molar-refractivity contribution in [1.82, 2.24) is 0 Å². The monoisotopic (exact) mass is 216 g/mol. The Kier molecular flexibility index (Phi) is 2.83. The molecule has 1 aliphatic rings. The van der Waals surface area contributed by atoms with Gasteiger partial charge in [0, 0.05) is 8.07 Å². The van der Waals surface area contributed by atoms with Gasteiger partial charge in [-0.3, -0.25) is 0 Å². The van der Waals surface area contributed by atoms with Crippen molar-refractivity contribution in [2.24, 2.45) is 5.92 Å². The van der Waals surface area contributed by atoms with Gasteiger partial charge in [-0.15, -0.1) is 0 Å². The van der Waals surface area contributed by atoms with Gasteiger partial charge in [-0.1, -0.05) is 62.1 Å². The smallest absolute Gasteiger partial charge is 0.0479 e. The van der Waals surface area contributed by atoms with Crippen LogP contribution in [0.15, 0.2) is 36.4 Å². The molecule has 0 aliphatic heterocycles. The highest BCUT2D eigenvalue weighted by Gasteiger charge is 2.44. The van der Waals surface area contributed by atoms with Crippen molar-refractivity contribution < 1.29 is 0 Å².